The van der Waals surface area contributed by atoms with Crippen molar-refractivity contribution in [3.63, 3.8) is 0 Å². The molecule has 2 aromatic rings. The molecule has 0 spiro atoms. The third-order valence-corrected chi connectivity index (χ3v) is 5.90. The number of unbranched alkanes of at least 4 members (excludes halogenated alkanes) is 1. The standard InChI is InChI=1S/C19H25NO4S/c1-2-3-12-24-18-10-11-19(17-9-5-4-8-16(17)18)25(21,22)20-14-15-7-6-13-23-15/h4-5,8-11,15,20H,2-3,6-7,12-14H2,1H3/t15-/m0/s1. The molecule has 3 rings (SSSR count). The van der Waals surface area contributed by atoms with Crippen LogP contribution in [0.15, 0.2) is 41.3 Å². The Bertz CT molecular complexity index is 813. The molecule has 0 saturated carbocycles. The minimum absolute atomic E-state index is 0.0299. The van der Waals surface area contributed by atoms with Gasteiger partial charge in [-0.15, -0.1) is 0 Å². The summed E-state index contributed by atoms with van der Waals surface area (Å²) < 4.78 is 39.6. The van der Waals surface area contributed by atoms with Crippen molar-refractivity contribution in [3.8, 4) is 5.75 Å². The number of rotatable bonds is 8. The van der Waals surface area contributed by atoms with Crippen LogP contribution in [-0.4, -0.2) is 34.3 Å². The molecule has 1 fully saturated rings. The van der Waals surface area contributed by atoms with Gasteiger partial charge in [0.2, 0.25) is 10.0 Å². The molecule has 0 bridgehead atoms. The maximum atomic E-state index is 12.8. The Morgan fingerprint density at radius 1 is 1.20 bits per heavy atom. The van der Waals surface area contributed by atoms with Gasteiger partial charge in [0.25, 0.3) is 0 Å². The van der Waals surface area contributed by atoms with Gasteiger partial charge in [0.1, 0.15) is 5.75 Å². The van der Waals surface area contributed by atoms with Crippen LogP contribution in [0.25, 0.3) is 10.8 Å². The van der Waals surface area contributed by atoms with E-state index in [0.717, 1.165) is 36.8 Å². The lowest BCUT2D eigenvalue weighted by atomic mass is 10.1. The van der Waals surface area contributed by atoms with Gasteiger partial charge in [-0.25, -0.2) is 13.1 Å². The van der Waals surface area contributed by atoms with Gasteiger partial charge in [-0.05, 0) is 31.4 Å². The zero-order chi connectivity index (χ0) is 17.7. The number of nitrogens with one attached hydrogen (secondary N) is 1. The molecule has 1 aliphatic rings. The van der Waals surface area contributed by atoms with Crippen LogP contribution < -0.4 is 9.46 Å². The zero-order valence-corrected chi connectivity index (χ0v) is 15.3. The van der Waals surface area contributed by atoms with Gasteiger partial charge < -0.3 is 9.47 Å². The van der Waals surface area contributed by atoms with Gasteiger partial charge in [0, 0.05) is 23.9 Å². The average molecular weight is 363 g/mol. The summed E-state index contributed by atoms with van der Waals surface area (Å²) in [5.41, 5.74) is 0. The second kappa shape index (κ2) is 8.17. The molecule has 25 heavy (non-hydrogen) atoms. The van der Waals surface area contributed by atoms with Crippen molar-refractivity contribution in [2.24, 2.45) is 0 Å². The normalized spacial score (nSPS) is 17.9. The summed E-state index contributed by atoms with van der Waals surface area (Å²) in [7, 11) is -3.60. The first-order valence-electron chi connectivity index (χ1n) is 8.87. The average Bonchev–Trinajstić information content (AvgIpc) is 3.14. The summed E-state index contributed by atoms with van der Waals surface area (Å²) in [6.45, 7) is 3.76. The lowest BCUT2D eigenvalue weighted by Crippen LogP contribution is -2.31. The number of hydrogen-bond acceptors (Lipinski definition) is 4. The number of sulfonamides is 1. The van der Waals surface area contributed by atoms with Crippen molar-refractivity contribution in [2.75, 3.05) is 19.8 Å². The molecule has 136 valence electrons. The van der Waals surface area contributed by atoms with Crippen molar-refractivity contribution >= 4 is 20.8 Å². The summed E-state index contributed by atoms with van der Waals surface area (Å²) in [5, 5.41) is 1.50. The largest absolute Gasteiger partial charge is 0.493 e. The van der Waals surface area contributed by atoms with Crippen LogP contribution in [0.3, 0.4) is 0 Å². The van der Waals surface area contributed by atoms with E-state index in [0.29, 0.717) is 25.1 Å². The number of hydrogen-bond donors (Lipinski definition) is 1. The van der Waals surface area contributed by atoms with E-state index in [1.807, 2.05) is 24.3 Å². The number of fused-ring (bicyclic) bond motifs is 1. The van der Waals surface area contributed by atoms with E-state index in [1.54, 1.807) is 12.1 Å². The fraction of sp³-hybridized carbons (Fsp3) is 0.474. The van der Waals surface area contributed by atoms with Crippen molar-refractivity contribution in [3.05, 3.63) is 36.4 Å². The van der Waals surface area contributed by atoms with Crippen molar-refractivity contribution < 1.29 is 17.9 Å². The number of ether oxygens (including phenoxy) is 2. The Labute approximate surface area is 149 Å². The Hall–Kier alpha value is -1.63. The molecule has 0 amide bonds. The molecule has 0 unspecified atom stereocenters. The topological polar surface area (TPSA) is 64.6 Å². The SMILES string of the molecule is CCCCOc1ccc(S(=O)(=O)NC[C@@H]2CCCO2)c2ccccc12. The van der Waals surface area contributed by atoms with Crippen LogP contribution >= 0.6 is 0 Å². The predicted octanol–water partition coefficient (Wildman–Crippen LogP) is 3.48. The van der Waals surface area contributed by atoms with Crippen molar-refractivity contribution in [2.45, 2.75) is 43.6 Å². The molecule has 0 aromatic heterocycles. The highest BCUT2D eigenvalue weighted by Gasteiger charge is 2.22. The highest BCUT2D eigenvalue weighted by Crippen LogP contribution is 2.31. The van der Waals surface area contributed by atoms with Crippen LogP contribution in [0.4, 0.5) is 0 Å². The predicted molar refractivity (Wildman–Crippen MR) is 98.5 cm³/mol. The maximum Gasteiger partial charge on any atom is 0.241 e. The van der Waals surface area contributed by atoms with Crippen LogP contribution in [-0.2, 0) is 14.8 Å². The smallest absolute Gasteiger partial charge is 0.241 e. The van der Waals surface area contributed by atoms with Crippen LogP contribution in [0.2, 0.25) is 0 Å². The van der Waals surface area contributed by atoms with Gasteiger partial charge in [-0.2, -0.15) is 0 Å². The Morgan fingerprint density at radius 2 is 2.00 bits per heavy atom. The van der Waals surface area contributed by atoms with E-state index in [1.165, 1.54) is 0 Å². The van der Waals surface area contributed by atoms with Crippen molar-refractivity contribution in [1.29, 1.82) is 0 Å². The summed E-state index contributed by atoms with van der Waals surface area (Å²) in [6, 6.07) is 10.8. The summed E-state index contributed by atoms with van der Waals surface area (Å²) in [4.78, 5) is 0.281. The van der Waals surface area contributed by atoms with E-state index in [4.69, 9.17) is 9.47 Å². The first-order valence-corrected chi connectivity index (χ1v) is 10.4. The minimum Gasteiger partial charge on any atom is -0.493 e. The third-order valence-electron chi connectivity index (χ3n) is 4.41. The second-order valence-corrected chi connectivity index (χ2v) is 8.03. The van der Waals surface area contributed by atoms with E-state index >= 15 is 0 Å². The molecule has 1 aliphatic heterocycles. The number of benzene rings is 2. The quantitative estimate of drug-likeness (QED) is 0.729. The van der Waals surface area contributed by atoms with E-state index < -0.39 is 10.0 Å². The van der Waals surface area contributed by atoms with Crippen LogP contribution in [0.1, 0.15) is 32.6 Å². The fourth-order valence-electron chi connectivity index (χ4n) is 3.02. The minimum atomic E-state index is -3.60. The highest BCUT2D eigenvalue weighted by atomic mass is 32.2. The molecule has 1 N–H and O–H groups in total. The molecular formula is C19H25NO4S. The lowest BCUT2D eigenvalue weighted by molar-refractivity contribution is 0.114. The summed E-state index contributed by atoms with van der Waals surface area (Å²) >= 11 is 0. The van der Waals surface area contributed by atoms with Gasteiger partial charge in [-0.1, -0.05) is 37.6 Å². The van der Waals surface area contributed by atoms with Crippen molar-refractivity contribution in [1.82, 2.24) is 4.72 Å². The molecular weight excluding hydrogens is 338 g/mol. The molecule has 1 heterocycles. The fourth-order valence-corrected chi connectivity index (χ4v) is 4.29. The first kappa shape index (κ1) is 18.2. The lowest BCUT2D eigenvalue weighted by Gasteiger charge is -2.15. The van der Waals surface area contributed by atoms with Gasteiger partial charge >= 0.3 is 0 Å². The molecule has 0 aliphatic carbocycles. The summed E-state index contributed by atoms with van der Waals surface area (Å²) in [5.74, 6) is 0.724. The van der Waals surface area contributed by atoms with Crippen LogP contribution in [0, 0.1) is 0 Å². The van der Waals surface area contributed by atoms with Gasteiger partial charge in [0.05, 0.1) is 17.6 Å². The van der Waals surface area contributed by atoms with E-state index in [-0.39, 0.29) is 11.0 Å². The summed E-state index contributed by atoms with van der Waals surface area (Å²) in [6.07, 6.45) is 3.87. The third kappa shape index (κ3) is 4.32. The Morgan fingerprint density at radius 3 is 2.72 bits per heavy atom. The molecule has 1 saturated heterocycles. The van der Waals surface area contributed by atoms with E-state index in [2.05, 4.69) is 11.6 Å². The zero-order valence-electron chi connectivity index (χ0n) is 14.5. The molecule has 1 atom stereocenters. The molecule has 6 heteroatoms. The van der Waals surface area contributed by atoms with Crippen LogP contribution in [0.5, 0.6) is 5.75 Å². The second-order valence-electron chi connectivity index (χ2n) is 6.30. The van der Waals surface area contributed by atoms with E-state index in [9.17, 15) is 8.42 Å². The Kier molecular flexibility index (Phi) is 5.93. The van der Waals surface area contributed by atoms with Gasteiger partial charge in [0.15, 0.2) is 0 Å². The Balaban J connectivity index is 1.86. The van der Waals surface area contributed by atoms with Gasteiger partial charge in [-0.3, -0.25) is 0 Å². The molecule has 0 radical (unpaired) electrons. The highest BCUT2D eigenvalue weighted by molar-refractivity contribution is 7.89. The molecule has 5 nitrogen and oxygen atoms in total. The molecule has 2 aromatic carbocycles. The maximum absolute atomic E-state index is 12.8. The first-order chi connectivity index (χ1) is 12.1. The monoisotopic (exact) mass is 363 g/mol.